The molecule has 4 atom stereocenters. The van der Waals surface area contributed by atoms with Gasteiger partial charge in [0.1, 0.15) is 11.6 Å². The lowest BCUT2D eigenvalue weighted by molar-refractivity contribution is -0.123. The fraction of sp³-hybridized carbons (Fsp3) is 0.645. The van der Waals surface area contributed by atoms with Gasteiger partial charge in [0.25, 0.3) is 0 Å². The monoisotopic (exact) mass is 515 g/mol. The van der Waals surface area contributed by atoms with Gasteiger partial charge in [-0.05, 0) is 56.8 Å². The summed E-state index contributed by atoms with van der Waals surface area (Å²) < 4.78 is 13.2. The van der Waals surface area contributed by atoms with Crippen molar-refractivity contribution in [3.05, 3.63) is 42.5 Å². The first-order valence-corrected chi connectivity index (χ1v) is 14.2. The third kappa shape index (κ3) is 17.0. The number of unbranched alkanes of at least 4 members (excludes halogenated alkanes) is 4. The van der Waals surface area contributed by atoms with Crippen molar-refractivity contribution in [2.45, 2.75) is 106 Å². The SMILES string of the molecule is CC(=O)CB(F)c1ccccc1.CCCCC(C(N)=O)C(C)CC.CCCCC/C=C\C1C[C@@H]1C(C)=O. The molecule has 1 amide bonds. The average Bonchev–Trinajstić information content (AvgIpc) is 3.65. The molecule has 0 bridgehead atoms. The molecule has 1 fully saturated rings. The Bertz CT molecular complexity index is 799. The summed E-state index contributed by atoms with van der Waals surface area (Å²) in [5, 5.41) is 0. The summed E-state index contributed by atoms with van der Waals surface area (Å²) in [6.45, 7) is 10.5. The van der Waals surface area contributed by atoms with E-state index in [4.69, 9.17) is 5.73 Å². The van der Waals surface area contributed by atoms with Gasteiger partial charge in [-0.2, -0.15) is 0 Å². The van der Waals surface area contributed by atoms with Crippen molar-refractivity contribution in [2.75, 3.05) is 0 Å². The molecule has 37 heavy (non-hydrogen) atoms. The molecular weight excluding hydrogens is 464 g/mol. The van der Waals surface area contributed by atoms with E-state index in [1.165, 1.54) is 32.6 Å². The van der Waals surface area contributed by atoms with Gasteiger partial charge in [0.2, 0.25) is 5.91 Å². The zero-order valence-electron chi connectivity index (χ0n) is 24.2. The van der Waals surface area contributed by atoms with E-state index >= 15 is 0 Å². The number of carbonyl (C=O) groups excluding carboxylic acids is 3. The Hall–Kier alpha value is -2.24. The summed E-state index contributed by atoms with van der Waals surface area (Å²) in [7, 11) is 0. The average molecular weight is 516 g/mol. The predicted octanol–water partition coefficient (Wildman–Crippen LogP) is 7.12. The zero-order chi connectivity index (χ0) is 28.2. The van der Waals surface area contributed by atoms with Crippen molar-refractivity contribution in [3.8, 4) is 0 Å². The van der Waals surface area contributed by atoms with Gasteiger partial charge in [-0.25, -0.2) is 0 Å². The second kappa shape index (κ2) is 20.8. The Labute approximate surface area is 226 Å². The molecule has 0 radical (unpaired) electrons. The molecule has 0 heterocycles. The second-order valence-corrected chi connectivity index (χ2v) is 10.4. The molecule has 1 saturated carbocycles. The number of benzene rings is 1. The molecule has 208 valence electrons. The predicted molar refractivity (Wildman–Crippen MR) is 156 cm³/mol. The van der Waals surface area contributed by atoms with E-state index in [0.29, 0.717) is 29.0 Å². The van der Waals surface area contributed by atoms with Gasteiger partial charge in [-0.3, -0.25) is 9.59 Å². The number of ketones is 2. The molecule has 4 nitrogen and oxygen atoms in total. The number of amides is 1. The molecule has 2 rings (SSSR count). The Balaban J connectivity index is 0.000000526. The highest BCUT2D eigenvalue weighted by molar-refractivity contribution is 6.69. The number of Topliss-reactive ketones (excluding diaryl/α,β-unsaturated/α-hetero) is 2. The van der Waals surface area contributed by atoms with E-state index in [2.05, 4.69) is 39.8 Å². The first-order chi connectivity index (χ1) is 17.6. The maximum Gasteiger partial charge on any atom is 0.388 e. The topological polar surface area (TPSA) is 77.2 Å². The van der Waals surface area contributed by atoms with Crippen LogP contribution in [-0.4, -0.2) is 24.5 Å². The summed E-state index contributed by atoms with van der Waals surface area (Å²) in [5.74, 6) is 1.60. The van der Waals surface area contributed by atoms with Crippen LogP contribution < -0.4 is 11.2 Å². The maximum atomic E-state index is 13.2. The second-order valence-electron chi connectivity index (χ2n) is 10.4. The van der Waals surface area contributed by atoms with Gasteiger partial charge in [-0.15, -0.1) is 0 Å². The molecule has 2 N–H and O–H groups in total. The molecule has 1 aliphatic carbocycles. The van der Waals surface area contributed by atoms with E-state index < -0.39 is 6.99 Å². The molecule has 1 aliphatic rings. The van der Waals surface area contributed by atoms with E-state index in [9.17, 15) is 18.7 Å². The highest BCUT2D eigenvalue weighted by Crippen LogP contribution is 2.40. The van der Waals surface area contributed by atoms with E-state index in [1.54, 1.807) is 31.2 Å². The van der Waals surface area contributed by atoms with E-state index in [0.717, 1.165) is 32.1 Å². The molecule has 6 heteroatoms. The van der Waals surface area contributed by atoms with Crippen molar-refractivity contribution in [2.24, 2.45) is 29.4 Å². The van der Waals surface area contributed by atoms with Crippen molar-refractivity contribution >= 4 is 29.9 Å². The number of rotatable bonds is 15. The molecule has 0 saturated heterocycles. The minimum Gasteiger partial charge on any atom is -0.369 e. The molecule has 1 aromatic carbocycles. The van der Waals surface area contributed by atoms with Crippen LogP contribution in [0, 0.1) is 23.7 Å². The zero-order valence-corrected chi connectivity index (χ0v) is 24.2. The fourth-order valence-corrected chi connectivity index (χ4v) is 4.13. The van der Waals surface area contributed by atoms with Crippen molar-refractivity contribution in [1.82, 2.24) is 0 Å². The number of nitrogens with two attached hydrogens (primary N) is 1. The lowest BCUT2D eigenvalue weighted by atomic mass is 9.61. The molecule has 0 aromatic heterocycles. The van der Waals surface area contributed by atoms with Crippen LogP contribution in [0.3, 0.4) is 0 Å². The van der Waals surface area contributed by atoms with Crippen LogP contribution in [0.15, 0.2) is 42.5 Å². The fourth-order valence-electron chi connectivity index (χ4n) is 4.13. The Morgan fingerprint density at radius 2 is 1.68 bits per heavy atom. The van der Waals surface area contributed by atoms with E-state index in [1.807, 2.05) is 6.07 Å². The summed E-state index contributed by atoms with van der Waals surface area (Å²) >= 11 is 0. The smallest absolute Gasteiger partial charge is 0.369 e. The molecule has 1 aromatic rings. The summed E-state index contributed by atoms with van der Waals surface area (Å²) in [5.41, 5.74) is 5.89. The van der Waals surface area contributed by atoms with Crippen molar-refractivity contribution < 1.29 is 18.7 Å². The van der Waals surface area contributed by atoms with Crippen LogP contribution in [0.1, 0.15) is 99.3 Å². The number of hydrogen-bond acceptors (Lipinski definition) is 3. The molecular formula is C31H51BFNO3. The third-order valence-corrected chi connectivity index (χ3v) is 6.91. The highest BCUT2D eigenvalue weighted by atomic mass is 19.1. The van der Waals surface area contributed by atoms with Gasteiger partial charge in [0, 0.05) is 18.2 Å². The van der Waals surface area contributed by atoms with Gasteiger partial charge < -0.3 is 14.8 Å². The maximum absolute atomic E-state index is 13.2. The Morgan fingerprint density at radius 1 is 1.05 bits per heavy atom. The summed E-state index contributed by atoms with van der Waals surface area (Å²) in [4.78, 5) is 32.5. The van der Waals surface area contributed by atoms with Crippen LogP contribution in [0.2, 0.25) is 6.32 Å². The summed E-state index contributed by atoms with van der Waals surface area (Å²) in [6, 6.07) is 8.73. The Kier molecular flexibility index (Phi) is 19.5. The van der Waals surface area contributed by atoms with Gasteiger partial charge >= 0.3 is 6.99 Å². The number of allylic oxidation sites excluding steroid dienone is 2. The minimum atomic E-state index is -1.15. The Morgan fingerprint density at radius 3 is 2.14 bits per heavy atom. The van der Waals surface area contributed by atoms with Crippen molar-refractivity contribution in [1.29, 1.82) is 0 Å². The lowest BCUT2D eigenvalue weighted by Crippen LogP contribution is -2.28. The third-order valence-electron chi connectivity index (χ3n) is 6.91. The number of primary amides is 1. The van der Waals surface area contributed by atoms with Crippen LogP contribution >= 0.6 is 0 Å². The lowest BCUT2D eigenvalue weighted by Gasteiger charge is -2.18. The minimum absolute atomic E-state index is 0.0238. The van der Waals surface area contributed by atoms with Gasteiger partial charge in [-0.1, -0.05) is 102 Å². The standard InChI is InChI=1S/C12H20O.C10H21NO.C9H10BFO/c1-3-4-5-6-7-8-11-9-12(11)10(2)13;1-4-6-7-9(10(11)12)8(3)5-2;1-8(12)7-10(11)9-5-3-2-4-6-9/h7-8,11-12H,3-6,9H2,1-2H3;8-9H,4-7H2,1-3H3,(H2,11,12);2-6H,7H2,1H3/b8-7-;;/t11?,12-;;/m1../s1. The van der Waals surface area contributed by atoms with E-state index in [-0.39, 0.29) is 23.9 Å². The number of hydrogen-bond donors (Lipinski definition) is 1. The van der Waals surface area contributed by atoms with Crippen LogP contribution in [0.4, 0.5) is 4.32 Å². The summed E-state index contributed by atoms with van der Waals surface area (Å²) in [6.07, 6.45) is 14.9. The molecule has 0 spiro atoms. The van der Waals surface area contributed by atoms with Crippen molar-refractivity contribution in [3.63, 3.8) is 0 Å². The molecule has 0 aliphatic heterocycles. The first-order valence-electron chi connectivity index (χ1n) is 14.2. The van der Waals surface area contributed by atoms with Crippen LogP contribution in [0.5, 0.6) is 0 Å². The number of halogens is 1. The first kappa shape index (κ1) is 34.8. The highest BCUT2D eigenvalue weighted by Gasteiger charge is 2.38. The number of carbonyl (C=O) groups is 3. The van der Waals surface area contributed by atoms with Gasteiger partial charge in [0.05, 0.1) is 0 Å². The van der Waals surface area contributed by atoms with Gasteiger partial charge in [0.15, 0.2) is 0 Å². The molecule has 3 unspecified atom stereocenters. The van der Waals surface area contributed by atoms with Crippen LogP contribution in [-0.2, 0) is 14.4 Å². The van der Waals surface area contributed by atoms with Crippen LogP contribution in [0.25, 0.3) is 0 Å². The quantitative estimate of drug-likeness (QED) is 0.154. The normalized spacial score (nSPS) is 17.5. The largest absolute Gasteiger partial charge is 0.388 e.